The number of nitrogens with one attached hydrogen (secondary N) is 2. The number of rotatable bonds is 4. The fraction of sp³-hybridized carbons (Fsp3) is 0.690. The molecule has 0 aromatic carbocycles. The molecule has 0 saturated heterocycles. The lowest BCUT2D eigenvalue weighted by molar-refractivity contribution is -0.144. The molecular formula is C29H40FN5O2. The standard InChI is InChI=1S/C29H40FN5O2/c1-15-12-22-25(31-14-15)34-24(33-22)16(2)32-26(36)20-8-7-18-17-6-9-23-29(4,13-21(30)27(37)35(23)5)19(17)10-11-28(18,20)3/h12-14,16-20,23,26,32,36H,6-11H2,1-5H3,(H,31,33,34)/t16?,17?,18-,19?,20+,23+,26?,28-,29+/m0/s1. The second-order valence-corrected chi connectivity index (χ2v) is 12.8. The average molecular weight is 510 g/mol. The first-order chi connectivity index (χ1) is 17.5. The highest BCUT2D eigenvalue weighted by Gasteiger charge is 2.61. The van der Waals surface area contributed by atoms with E-state index in [1.54, 1.807) is 18.0 Å². The number of carbonyl (C=O) groups excluding carboxylic acids is 1. The normalized spacial score (nSPS) is 39.1. The summed E-state index contributed by atoms with van der Waals surface area (Å²) in [6, 6.07) is 1.97. The van der Waals surface area contributed by atoms with Gasteiger partial charge in [-0.15, -0.1) is 0 Å². The van der Waals surface area contributed by atoms with E-state index in [2.05, 4.69) is 34.1 Å². The second-order valence-electron chi connectivity index (χ2n) is 12.8. The Morgan fingerprint density at radius 3 is 2.78 bits per heavy atom. The predicted octanol–water partition coefficient (Wildman–Crippen LogP) is 4.79. The quantitative estimate of drug-likeness (QED) is 0.516. The summed E-state index contributed by atoms with van der Waals surface area (Å²) in [5, 5.41) is 14.9. The molecule has 3 heterocycles. The number of likely N-dealkylation sites (N-methyl/N-ethyl adjacent to an activating group) is 1. The van der Waals surface area contributed by atoms with Crippen molar-refractivity contribution in [3.63, 3.8) is 0 Å². The molecule has 1 aliphatic heterocycles. The Hall–Kier alpha value is -2.32. The van der Waals surface area contributed by atoms with Gasteiger partial charge in [0.1, 0.15) is 12.1 Å². The molecular weight excluding hydrogens is 469 g/mol. The van der Waals surface area contributed by atoms with Gasteiger partial charge in [0.15, 0.2) is 11.5 Å². The number of aromatic amines is 1. The van der Waals surface area contributed by atoms with Crippen molar-refractivity contribution in [1.82, 2.24) is 25.2 Å². The summed E-state index contributed by atoms with van der Waals surface area (Å²) >= 11 is 0. The monoisotopic (exact) mass is 509 g/mol. The van der Waals surface area contributed by atoms with Crippen molar-refractivity contribution in [3.05, 3.63) is 35.6 Å². The summed E-state index contributed by atoms with van der Waals surface area (Å²) in [6.07, 6.45) is 8.91. The molecule has 0 radical (unpaired) electrons. The maximum absolute atomic E-state index is 14.7. The molecule has 7 nitrogen and oxygen atoms in total. The SMILES string of the molecule is Cc1cnc2nc(C(C)NC(O)[C@H]3CC[C@H]4C5CC[C@H]6N(C)C(=O)C(F)=C[C@]6(C)C5CC[C@]34C)[nH]c2c1. The van der Waals surface area contributed by atoms with E-state index < -0.39 is 18.0 Å². The van der Waals surface area contributed by atoms with E-state index in [1.165, 1.54) is 0 Å². The zero-order valence-electron chi connectivity index (χ0n) is 22.6. The molecule has 8 heteroatoms. The van der Waals surface area contributed by atoms with E-state index in [1.807, 2.05) is 26.1 Å². The van der Waals surface area contributed by atoms with Crippen molar-refractivity contribution >= 4 is 17.1 Å². The average Bonchev–Trinajstić information content (AvgIpc) is 3.43. The Labute approximate surface area is 218 Å². The van der Waals surface area contributed by atoms with Crippen LogP contribution in [-0.4, -0.2) is 50.2 Å². The molecule has 9 atom stereocenters. The number of H-pyrrole nitrogens is 1. The number of amides is 1. The summed E-state index contributed by atoms with van der Waals surface area (Å²) < 4.78 is 14.7. The Morgan fingerprint density at radius 2 is 2.00 bits per heavy atom. The Morgan fingerprint density at radius 1 is 1.22 bits per heavy atom. The third-order valence-corrected chi connectivity index (χ3v) is 10.9. The Bertz CT molecular complexity index is 1260. The minimum absolute atomic E-state index is 0.0295. The highest BCUT2D eigenvalue weighted by molar-refractivity contribution is 5.92. The molecule has 1 amide bonds. The fourth-order valence-electron chi connectivity index (χ4n) is 9.07. The van der Waals surface area contributed by atoms with Crippen LogP contribution in [0.1, 0.15) is 76.7 Å². The molecule has 4 unspecified atom stereocenters. The number of nitrogens with zero attached hydrogens (tertiary/aromatic N) is 3. The summed E-state index contributed by atoms with van der Waals surface area (Å²) in [5.74, 6) is 1.22. The number of pyridine rings is 1. The van der Waals surface area contributed by atoms with Crippen LogP contribution in [0.5, 0.6) is 0 Å². The van der Waals surface area contributed by atoms with Gasteiger partial charge in [-0.2, -0.15) is 0 Å². The van der Waals surface area contributed by atoms with Crippen LogP contribution >= 0.6 is 0 Å². The highest BCUT2D eigenvalue weighted by Crippen LogP contribution is 2.66. The number of carbonyl (C=O) groups is 1. The van der Waals surface area contributed by atoms with E-state index in [0.717, 1.165) is 55.4 Å². The lowest BCUT2D eigenvalue weighted by Crippen LogP contribution is -2.60. The number of aliphatic hydroxyl groups is 1. The maximum Gasteiger partial charge on any atom is 0.282 e. The summed E-state index contributed by atoms with van der Waals surface area (Å²) in [4.78, 5) is 26.4. The molecule has 3 N–H and O–H groups in total. The molecule has 37 heavy (non-hydrogen) atoms. The third kappa shape index (κ3) is 3.69. The molecule has 2 aromatic rings. The van der Waals surface area contributed by atoms with Gasteiger partial charge in [0.25, 0.3) is 5.91 Å². The predicted molar refractivity (Wildman–Crippen MR) is 140 cm³/mol. The van der Waals surface area contributed by atoms with Gasteiger partial charge in [0.05, 0.1) is 11.6 Å². The highest BCUT2D eigenvalue weighted by atomic mass is 19.1. The molecule has 6 rings (SSSR count). The van der Waals surface area contributed by atoms with Crippen molar-refractivity contribution in [1.29, 1.82) is 0 Å². The van der Waals surface area contributed by atoms with Crippen molar-refractivity contribution in [3.8, 4) is 0 Å². The molecule has 0 bridgehead atoms. The molecule has 3 aliphatic carbocycles. The number of aliphatic hydroxyl groups excluding tert-OH is 1. The van der Waals surface area contributed by atoms with Gasteiger partial charge >= 0.3 is 0 Å². The summed E-state index contributed by atoms with van der Waals surface area (Å²) in [6.45, 7) is 8.59. The number of aryl methyl sites for hydroxylation is 1. The first kappa shape index (κ1) is 25.0. The van der Waals surface area contributed by atoms with Gasteiger partial charge < -0.3 is 15.0 Å². The molecule has 200 valence electrons. The van der Waals surface area contributed by atoms with Crippen LogP contribution < -0.4 is 5.32 Å². The largest absolute Gasteiger partial charge is 0.378 e. The van der Waals surface area contributed by atoms with Crippen LogP contribution in [-0.2, 0) is 4.79 Å². The number of aromatic nitrogens is 3. The molecule has 0 spiro atoms. The minimum Gasteiger partial charge on any atom is -0.378 e. The van der Waals surface area contributed by atoms with Crippen LogP contribution in [0, 0.1) is 41.4 Å². The summed E-state index contributed by atoms with van der Waals surface area (Å²) in [5.41, 5.74) is 2.39. The van der Waals surface area contributed by atoms with E-state index in [0.29, 0.717) is 23.4 Å². The number of hydrogen-bond acceptors (Lipinski definition) is 5. The van der Waals surface area contributed by atoms with Crippen LogP contribution in [0.4, 0.5) is 4.39 Å². The molecule has 4 aliphatic rings. The van der Waals surface area contributed by atoms with Crippen molar-refractivity contribution in [2.45, 2.75) is 84.5 Å². The Kier molecular flexibility index (Phi) is 5.81. The fourth-order valence-corrected chi connectivity index (χ4v) is 9.07. The second kappa shape index (κ2) is 8.60. The van der Waals surface area contributed by atoms with Gasteiger partial charge in [-0.05, 0) is 93.2 Å². The van der Waals surface area contributed by atoms with Gasteiger partial charge in [-0.3, -0.25) is 10.1 Å². The first-order valence-corrected chi connectivity index (χ1v) is 13.9. The minimum atomic E-state index is -0.632. The van der Waals surface area contributed by atoms with Crippen molar-refractivity contribution < 1.29 is 14.3 Å². The van der Waals surface area contributed by atoms with E-state index in [4.69, 9.17) is 0 Å². The van der Waals surface area contributed by atoms with Gasteiger partial charge in [0, 0.05) is 30.6 Å². The topological polar surface area (TPSA) is 94.1 Å². The van der Waals surface area contributed by atoms with Crippen molar-refractivity contribution in [2.24, 2.45) is 34.5 Å². The number of fused-ring (bicyclic) bond motifs is 6. The smallest absolute Gasteiger partial charge is 0.282 e. The molecule has 3 fully saturated rings. The van der Waals surface area contributed by atoms with Crippen LogP contribution in [0.3, 0.4) is 0 Å². The zero-order valence-corrected chi connectivity index (χ0v) is 22.6. The van der Waals surface area contributed by atoms with E-state index in [9.17, 15) is 14.3 Å². The van der Waals surface area contributed by atoms with Crippen LogP contribution in [0.2, 0.25) is 0 Å². The lowest BCUT2D eigenvalue weighted by atomic mass is 9.47. The van der Waals surface area contributed by atoms with Gasteiger partial charge in [-0.1, -0.05) is 13.8 Å². The van der Waals surface area contributed by atoms with Gasteiger partial charge in [0.2, 0.25) is 0 Å². The summed E-state index contributed by atoms with van der Waals surface area (Å²) in [7, 11) is 1.76. The number of halogens is 1. The molecule has 3 saturated carbocycles. The number of hydrogen-bond donors (Lipinski definition) is 3. The first-order valence-electron chi connectivity index (χ1n) is 13.9. The Balaban J connectivity index is 1.20. The maximum atomic E-state index is 14.7. The van der Waals surface area contributed by atoms with Crippen LogP contribution in [0.25, 0.3) is 11.2 Å². The zero-order chi connectivity index (χ0) is 26.3. The lowest BCUT2D eigenvalue weighted by Gasteiger charge is -2.60. The van der Waals surface area contributed by atoms with Crippen molar-refractivity contribution in [2.75, 3.05) is 7.05 Å². The molecule has 2 aromatic heterocycles. The number of imidazole rings is 1. The van der Waals surface area contributed by atoms with E-state index in [-0.39, 0.29) is 28.8 Å². The van der Waals surface area contributed by atoms with Gasteiger partial charge in [-0.25, -0.2) is 14.4 Å². The van der Waals surface area contributed by atoms with E-state index >= 15 is 0 Å². The third-order valence-electron chi connectivity index (χ3n) is 10.9. The van der Waals surface area contributed by atoms with Crippen LogP contribution in [0.15, 0.2) is 24.2 Å².